The fourth-order valence-electron chi connectivity index (χ4n) is 1.19. The van der Waals surface area contributed by atoms with Crippen molar-refractivity contribution in [3.05, 3.63) is 48.7 Å². The molecule has 0 aliphatic carbocycles. The third kappa shape index (κ3) is 5.45. The summed E-state index contributed by atoms with van der Waals surface area (Å²) in [6.45, 7) is 4.79. The van der Waals surface area contributed by atoms with Crippen molar-refractivity contribution in [2.45, 2.75) is 12.8 Å². The third-order valence-corrected chi connectivity index (χ3v) is 1.85. The number of quaternary nitrogens is 1. The quantitative estimate of drug-likeness (QED) is 0.544. The lowest BCUT2D eigenvalue weighted by molar-refractivity contribution is -0.587. The third-order valence-electron chi connectivity index (χ3n) is 1.85. The van der Waals surface area contributed by atoms with Crippen LogP contribution in [0.1, 0.15) is 12.0 Å². The summed E-state index contributed by atoms with van der Waals surface area (Å²) in [7, 11) is 0. The van der Waals surface area contributed by atoms with Gasteiger partial charge in [0.2, 0.25) is 0 Å². The van der Waals surface area contributed by atoms with Crippen LogP contribution in [0.3, 0.4) is 0 Å². The van der Waals surface area contributed by atoms with Crippen LogP contribution in [0.25, 0.3) is 0 Å². The normalized spacial score (nSPS) is 8.92. The van der Waals surface area contributed by atoms with E-state index in [1.807, 2.05) is 6.20 Å². The molecule has 0 fully saturated rings. The molecule has 72 valence electrons. The monoisotopic (exact) mass is 197 g/mol. The van der Waals surface area contributed by atoms with Crippen LogP contribution in [-0.2, 0) is 6.42 Å². The largest absolute Gasteiger partial charge is 1.00 e. The molecule has 1 nitrogen and oxygen atoms in total. The minimum absolute atomic E-state index is 0. The van der Waals surface area contributed by atoms with Crippen LogP contribution < -0.4 is 17.7 Å². The molecule has 0 unspecified atom stereocenters. The molecule has 13 heavy (non-hydrogen) atoms. The lowest BCUT2D eigenvalue weighted by Crippen LogP contribution is -3.00. The SMILES string of the molecule is C=C[NH2+]CCCc1ccccc1.[Cl-]. The van der Waals surface area contributed by atoms with Crippen LogP contribution in [0.2, 0.25) is 0 Å². The molecule has 0 saturated heterocycles. The molecule has 1 aromatic rings. The average molecular weight is 198 g/mol. The first-order valence-electron chi connectivity index (χ1n) is 4.41. The molecule has 1 rings (SSSR count). The van der Waals surface area contributed by atoms with Gasteiger partial charge in [0, 0.05) is 6.42 Å². The van der Waals surface area contributed by atoms with E-state index in [0.717, 1.165) is 6.54 Å². The Morgan fingerprint density at radius 1 is 1.23 bits per heavy atom. The number of nitrogens with two attached hydrogens (primary N) is 1. The van der Waals surface area contributed by atoms with Gasteiger partial charge in [-0.15, -0.1) is 0 Å². The van der Waals surface area contributed by atoms with Crippen molar-refractivity contribution in [3.63, 3.8) is 0 Å². The van der Waals surface area contributed by atoms with E-state index in [4.69, 9.17) is 0 Å². The standard InChI is InChI=1S/C11H15N.ClH/c1-2-12-10-6-9-11-7-4-3-5-8-11;/h2-5,7-8,12H,1,6,9-10H2;1H. The van der Waals surface area contributed by atoms with E-state index in [1.54, 1.807) is 0 Å². The van der Waals surface area contributed by atoms with Crippen molar-refractivity contribution in [2.75, 3.05) is 6.54 Å². The van der Waals surface area contributed by atoms with Gasteiger partial charge in [-0.05, 0) is 18.6 Å². The molecule has 0 bridgehead atoms. The van der Waals surface area contributed by atoms with Crippen LogP contribution in [0.15, 0.2) is 43.1 Å². The second kappa shape index (κ2) is 7.84. The molecular formula is C11H16ClN. The molecule has 1 aromatic carbocycles. The molecule has 2 N–H and O–H groups in total. The maximum Gasteiger partial charge on any atom is 0.0852 e. The van der Waals surface area contributed by atoms with E-state index in [9.17, 15) is 0 Å². The number of benzene rings is 1. The van der Waals surface area contributed by atoms with E-state index >= 15 is 0 Å². The second-order valence-corrected chi connectivity index (χ2v) is 2.85. The van der Waals surface area contributed by atoms with Crippen molar-refractivity contribution < 1.29 is 17.7 Å². The molecule has 0 spiro atoms. The van der Waals surface area contributed by atoms with Crippen molar-refractivity contribution in [1.29, 1.82) is 0 Å². The van der Waals surface area contributed by atoms with Gasteiger partial charge in [-0.2, -0.15) is 0 Å². The fourth-order valence-corrected chi connectivity index (χ4v) is 1.19. The predicted octanol–water partition coefficient (Wildman–Crippen LogP) is -1.67. The van der Waals surface area contributed by atoms with Crippen LogP contribution in [0, 0.1) is 0 Å². The minimum atomic E-state index is 0. The fraction of sp³-hybridized carbons (Fsp3) is 0.273. The Balaban J connectivity index is 0.00000144. The molecular weight excluding hydrogens is 182 g/mol. The summed E-state index contributed by atoms with van der Waals surface area (Å²) in [5.41, 5.74) is 1.43. The molecule has 0 atom stereocenters. The Morgan fingerprint density at radius 2 is 1.92 bits per heavy atom. The summed E-state index contributed by atoms with van der Waals surface area (Å²) in [6.07, 6.45) is 4.26. The van der Waals surface area contributed by atoms with Crippen molar-refractivity contribution in [3.8, 4) is 0 Å². The number of halogens is 1. The van der Waals surface area contributed by atoms with E-state index in [2.05, 4.69) is 42.2 Å². The highest BCUT2D eigenvalue weighted by Gasteiger charge is 1.91. The highest BCUT2D eigenvalue weighted by Crippen LogP contribution is 2.00. The number of hydrogen-bond acceptors (Lipinski definition) is 0. The Morgan fingerprint density at radius 3 is 2.54 bits per heavy atom. The first kappa shape index (κ1) is 12.2. The van der Waals surface area contributed by atoms with Gasteiger partial charge in [-0.25, -0.2) is 0 Å². The Hall–Kier alpha value is -0.790. The zero-order chi connectivity index (χ0) is 8.65. The van der Waals surface area contributed by atoms with Crippen molar-refractivity contribution in [2.24, 2.45) is 0 Å². The van der Waals surface area contributed by atoms with Gasteiger partial charge < -0.3 is 17.7 Å². The van der Waals surface area contributed by atoms with Gasteiger partial charge in [-0.1, -0.05) is 30.3 Å². The van der Waals surface area contributed by atoms with Crippen LogP contribution in [0.5, 0.6) is 0 Å². The highest BCUT2D eigenvalue weighted by molar-refractivity contribution is 5.14. The summed E-state index contributed by atoms with van der Waals surface area (Å²) in [4.78, 5) is 0. The first-order valence-corrected chi connectivity index (χ1v) is 4.41. The summed E-state index contributed by atoms with van der Waals surface area (Å²) < 4.78 is 0. The molecule has 0 aliphatic rings. The van der Waals surface area contributed by atoms with E-state index in [-0.39, 0.29) is 12.4 Å². The van der Waals surface area contributed by atoms with E-state index in [1.165, 1.54) is 18.4 Å². The molecule has 0 amide bonds. The minimum Gasteiger partial charge on any atom is -1.00 e. The number of hydrogen-bond donors (Lipinski definition) is 1. The lowest BCUT2D eigenvalue weighted by Gasteiger charge is -1.97. The van der Waals surface area contributed by atoms with Gasteiger partial charge in [0.05, 0.1) is 12.7 Å². The average Bonchev–Trinajstić information content (AvgIpc) is 2.14. The maximum atomic E-state index is 3.65. The van der Waals surface area contributed by atoms with Crippen LogP contribution in [0.4, 0.5) is 0 Å². The summed E-state index contributed by atoms with van der Waals surface area (Å²) in [5.74, 6) is 0. The van der Waals surface area contributed by atoms with Gasteiger partial charge in [0.1, 0.15) is 0 Å². The number of aryl methyl sites for hydroxylation is 1. The maximum absolute atomic E-state index is 3.65. The Kier molecular flexibility index (Phi) is 7.36. The van der Waals surface area contributed by atoms with Gasteiger partial charge >= 0.3 is 0 Å². The summed E-state index contributed by atoms with van der Waals surface area (Å²) in [6, 6.07) is 10.6. The smallest absolute Gasteiger partial charge is 0.0852 e. The molecule has 0 radical (unpaired) electrons. The van der Waals surface area contributed by atoms with Gasteiger partial charge in [0.15, 0.2) is 0 Å². The molecule has 2 heteroatoms. The van der Waals surface area contributed by atoms with Crippen molar-refractivity contribution >= 4 is 0 Å². The number of rotatable bonds is 5. The summed E-state index contributed by atoms with van der Waals surface area (Å²) in [5, 5.41) is 2.11. The van der Waals surface area contributed by atoms with Crippen LogP contribution >= 0.6 is 0 Å². The van der Waals surface area contributed by atoms with Crippen LogP contribution in [-0.4, -0.2) is 6.54 Å². The van der Waals surface area contributed by atoms with E-state index in [0.29, 0.717) is 0 Å². The van der Waals surface area contributed by atoms with Gasteiger partial charge in [-0.3, -0.25) is 0 Å². The van der Waals surface area contributed by atoms with Gasteiger partial charge in [0.25, 0.3) is 0 Å². The zero-order valence-corrected chi connectivity index (χ0v) is 8.50. The Bertz CT molecular complexity index is 221. The second-order valence-electron chi connectivity index (χ2n) is 2.85. The Labute approximate surface area is 86.3 Å². The molecule has 0 saturated carbocycles. The zero-order valence-electron chi connectivity index (χ0n) is 7.75. The highest BCUT2D eigenvalue weighted by atomic mass is 35.5. The van der Waals surface area contributed by atoms with Crippen molar-refractivity contribution in [1.82, 2.24) is 0 Å². The summed E-state index contributed by atoms with van der Waals surface area (Å²) >= 11 is 0. The molecule has 0 aliphatic heterocycles. The first-order chi connectivity index (χ1) is 5.93. The molecule has 0 heterocycles. The predicted molar refractivity (Wildman–Crippen MR) is 51.8 cm³/mol. The molecule has 0 aromatic heterocycles. The van der Waals surface area contributed by atoms with E-state index < -0.39 is 0 Å². The topological polar surface area (TPSA) is 16.6 Å². The lowest BCUT2D eigenvalue weighted by atomic mass is 10.1.